The number of nitro groups is 1. The summed E-state index contributed by atoms with van der Waals surface area (Å²) >= 11 is 0. The third-order valence-electron chi connectivity index (χ3n) is 3.34. The largest absolute Gasteiger partial charge is 0.314 e. The van der Waals surface area contributed by atoms with E-state index in [2.05, 4.69) is 19.2 Å². The number of nitro benzene ring substituents is 1. The Bertz CT molecular complexity index is 494. The van der Waals surface area contributed by atoms with Crippen molar-refractivity contribution in [1.29, 1.82) is 5.26 Å². The number of likely N-dealkylation sites (N-methyl/N-ethyl adjacent to an activating group) is 1. The van der Waals surface area contributed by atoms with Crippen LogP contribution in [0.3, 0.4) is 0 Å². The monoisotopic (exact) mass is 261 g/mol. The summed E-state index contributed by atoms with van der Waals surface area (Å²) in [5, 5.41) is 23.2. The van der Waals surface area contributed by atoms with E-state index >= 15 is 0 Å². The smallest absolute Gasteiger partial charge is 0.287 e. The standard InChI is InChI=1S/C14H19N3O2/c1-4-13(10(3)16-5-2)11-6-7-14(17(18)19)12(8-11)9-15/h6-8,10,13,16H,4-5H2,1-3H3. The van der Waals surface area contributed by atoms with E-state index < -0.39 is 4.92 Å². The van der Waals surface area contributed by atoms with Crippen molar-refractivity contribution in [2.75, 3.05) is 6.54 Å². The molecular weight excluding hydrogens is 242 g/mol. The first kappa shape index (κ1) is 15.1. The van der Waals surface area contributed by atoms with Crippen molar-refractivity contribution in [3.05, 3.63) is 39.4 Å². The van der Waals surface area contributed by atoms with E-state index in [0.29, 0.717) is 0 Å². The van der Waals surface area contributed by atoms with Crippen molar-refractivity contribution >= 4 is 5.69 Å². The van der Waals surface area contributed by atoms with Gasteiger partial charge < -0.3 is 5.32 Å². The van der Waals surface area contributed by atoms with E-state index in [1.807, 2.05) is 13.0 Å². The highest BCUT2D eigenvalue weighted by Gasteiger charge is 2.20. The van der Waals surface area contributed by atoms with Gasteiger partial charge in [0, 0.05) is 12.1 Å². The van der Waals surface area contributed by atoms with Crippen LogP contribution in [0.25, 0.3) is 0 Å². The quantitative estimate of drug-likeness (QED) is 0.630. The van der Waals surface area contributed by atoms with Crippen molar-refractivity contribution in [2.45, 2.75) is 39.2 Å². The second-order valence-corrected chi connectivity index (χ2v) is 4.51. The van der Waals surface area contributed by atoms with E-state index in [-0.39, 0.29) is 23.2 Å². The van der Waals surface area contributed by atoms with Crippen molar-refractivity contribution in [3.63, 3.8) is 0 Å². The molecule has 0 saturated heterocycles. The first-order valence-corrected chi connectivity index (χ1v) is 6.46. The zero-order valence-electron chi connectivity index (χ0n) is 11.5. The third kappa shape index (κ3) is 3.52. The maximum atomic E-state index is 10.8. The fourth-order valence-corrected chi connectivity index (χ4v) is 2.38. The molecule has 0 aliphatic carbocycles. The second-order valence-electron chi connectivity index (χ2n) is 4.51. The molecule has 2 atom stereocenters. The Balaban J connectivity index is 3.13. The average Bonchev–Trinajstić information content (AvgIpc) is 2.39. The summed E-state index contributed by atoms with van der Waals surface area (Å²) < 4.78 is 0. The predicted octanol–water partition coefficient (Wildman–Crippen LogP) is 2.96. The zero-order chi connectivity index (χ0) is 14.4. The van der Waals surface area contributed by atoms with Crippen LogP contribution >= 0.6 is 0 Å². The fraction of sp³-hybridized carbons (Fsp3) is 0.500. The van der Waals surface area contributed by atoms with E-state index in [0.717, 1.165) is 18.5 Å². The van der Waals surface area contributed by atoms with E-state index in [4.69, 9.17) is 5.26 Å². The molecule has 0 fully saturated rings. The molecule has 5 nitrogen and oxygen atoms in total. The number of hydrogen-bond donors (Lipinski definition) is 1. The van der Waals surface area contributed by atoms with Crippen LogP contribution in [0.2, 0.25) is 0 Å². The van der Waals surface area contributed by atoms with Crippen LogP contribution in [0, 0.1) is 21.4 Å². The molecule has 0 radical (unpaired) electrons. The molecule has 0 heterocycles. The van der Waals surface area contributed by atoms with Gasteiger partial charge in [0.2, 0.25) is 0 Å². The molecule has 19 heavy (non-hydrogen) atoms. The number of nitriles is 1. The first-order chi connectivity index (χ1) is 9.04. The summed E-state index contributed by atoms with van der Waals surface area (Å²) in [6.07, 6.45) is 0.914. The molecular formula is C14H19N3O2. The van der Waals surface area contributed by atoms with Gasteiger partial charge in [-0.05, 0) is 37.4 Å². The van der Waals surface area contributed by atoms with Crippen LogP contribution in [0.15, 0.2) is 18.2 Å². The van der Waals surface area contributed by atoms with Crippen LogP contribution in [-0.2, 0) is 0 Å². The Morgan fingerprint density at radius 2 is 2.16 bits per heavy atom. The van der Waals surface area contributed by atoms with Gasteiger partial charge in [-0.2, -0.15) is 5.26 Å². The molecule has 0 aliphatic heterocycles. The minimum absolute atomic E-state index is 0.128. The maximum Gasteiger partial charge on any atom is 0.287 e. The number of rotatable bonds is 6. The number of hydrogen-bond acceptors (Lipinski definition) is 4. The zero-order valence-corrected chi connectivity index (χ0v) is 11.5. The lowest BCUT2D eigenvalue weighted by molar-refractivity contribution is -0.385. The summed E-state index contributed by atoms with van der Waals surface area (Å²) in [7, 11) is 0. The number of nitrogens with one attached hydrogen (secondary N) is 1. The Morgan fingerprint density at radius 3 is 2.63 bits per heavy atom. The summed E-state index contributed by atoms with van der Waals surface area (Å²) in [6, 6.07) is 6.99. The summed E-state index contributed by atoms with van der Waals surface area (Å²) in [6.45, 7) is 7.08. The highest BCUT2D eigenvalue weighted by atomic mass is 16.6. The molecule has 2 unspecified atom stereocenters. The van der Waals surface area contributed by atoms with Gasteiger partial charge in [-0.15, -0.1) is 0 Å². The highest BCUT2D eigenvalue weighted by Crippen LogP contribution is 2.28. The number of benzene rings is 1. The second kappa shape index (κ2) is 6.86. The molecule has 0 spiro atoms. The van der Waals surface area contributed by atoms with Gasteiger partial charge in [0.05, 0.1) is 4.92 Å². The molecule has 0 saturated carbocycles. The van der Waals surface area contributed by atoms with Crippen LogP contribution in [0.1, 0.15) is 44.2 Å². The predicted molar refractivity (Wildman–Crippen MR) is 74.0 cm³/mol. The Hall–Kier alpha value is -1.93. The van der Waals surface area contributed by atoms with Crippen LogP contribution in [0.4, 0.5) is 5.69 Å². The number of nitrogens with zero attached hydrogens (tertiary/aromatic N) is 2. The SMILES string of the molecule is CCNC(C)C(CC)c1ccc([N+](=O)[O-])c(C#N)c1. The fourth-order valence-electron chi connectivity index (χ4n) is 2.38. The molecule has 102 valence electrons. The summed E-state index contributed by atoms with van der Waals surface area (Å²) in [4.78, 5) is 10.3. The van der Waals surface area contributed by atoms with E-state index in [1.54, 1.807) is 12.1 Å². The van der Waals surface area contributed by atoms with Gasteiger partial charge >= 0.3 is 0 Å². The Kier molecular flexibility index (Phi) is 5.46. The maximum absolute atomic E-state index is 10.8. The molecule has 1 aromatic carbocycles. The lowest BCUT2D eigenvalue weighted by Crippen LogP contribution is -2.31. The van der Waals surface area contributed by atoms with E-state index in [1.165, 1.54) is 6.07 Å². The molecule has 5 heteroatoms. The molecule has 1 N–H and O–H groups in total. The van der Waals surface area contributed by atoms with E-state index in [9.17, 15) is 10.1 Å². The normalized spacial score (nSPS) is 13.6. The lowest BCUT2D eigenvalue weighted by Gasteiger charge is -2.24. The Labute approximate surface area is 113 Å². The van der Waals surface area contributed by atoms with Gasteiger partial charge in [0.25, 0.3) is 5.69 Å². The van der Waals surface area contributed by atoms with Crippen molar-refractivity contribution in [2.24, 2.45) is 0 Å². The average molecular weight is 261 g/mol. The van der Waals surface area contributed by atoms with Crippen LogP contribution in [0.5, 0.6) is 0 Å². The topological polar surface area (TPSA) is 79.0 Å². The molecule has 1 rings (SSSR count). The minimum Gasteiger partial charge on any atom is -0.314 e. The van der Waals surface area contributed by atoms with Crippen molar-refractivity contribution in [1.82, 2.24) is 5.32 Å². The highest BCUT2D eigenvalue weighted by molar-refractivity contribution is 5.51. The van der Waals surface area contributed by atoms with Crippen molar-refractivity contribution in [3.8, 4) is 6.07 Å². The third-order valence-corrected chi connectivity index (χ3v) is 3.34. The minimum atomic E-state index is -0.517. The van der Waals surface area contributed by atoms with Gasteiger partial charge in [0.15, 0.2) is 0 Å². The lowest BCUT2D eigenvalue weighted by atomic mass is 9.89. The van der Waals surface area contributed by atoms with Crippen LogP contribution < -0.4 is 5.32 Å². The molecule has 0 aromatic heterocycles. The van der Waals surface area contributed by atoms with Gasteiger partial charge in [-0.25, -0.2) is 0 Å². The summed E-state index contributed by atoms with van der Waals surface area (Å²) in [5.74, 6) is 0.243. The van der Waals surface area contributed by atoms with Crippen molar-refractivity contribution < 1.29 is 4.92 Å². The Morgan fingerprint density at radius 1 is 1.47 bits per heavy atom. The van der Waals surface area contributed by atoms with Gasteiger partial charge in [-0.1, -0.05) is 19.9 Å². The summed E-state index contributed by atoms with van der Waals surface area (Å²) in [5.41, 5.74) is 0.972. The molecule has 0 aliphatic rings. The van der Waals surface area contributed by atoms with Gasteiger partial charge in [0.1, 0.15) is 11.6 Å². The van der Waals surface area contributed by atoms with Crippen LogP contribution in [-0.4, -0.2) is 17.5 Å². The van der Waals surface area contributed by atoms with Gasteiger partial charge in [-0.3, -0.25) is 10.1 Å². The first-order valence-electron chi connectivity index (χ1n) is 6.46. The molecule has 1 aromatic rings. The molecule has 0 bridgehead atoms. The molecule has 0 amide bonds.